The summed E-state index contributed by atoms with van der Waals surface area (Å²) in [6.07, 6.45) is 4.99. The van der Waals surface area contributed by atoms with Gasteiger partial charge in [0, 0.05) is 30.3 Å². The summed E-state index contributed by atoms with van der Waals surface area (Å²) in [4.78, 5) is 25.9. The topological polar surface area (TPSA) is 84.7 Å². The first kappa shape index (κ1) is 25.7. The van der Waals surface area contributed by atoms with Crippen LogP contribution in [-0.2, 0) is 9.59 Å². The van der Waals surface area contributed by atoms with Gasteiger partial charge in [0.05, 0.1) is 17.2 Å². The molecule has 1 fully saturated rings. The number of carboxylic acids is 1. The fraction of sp³-hybridized carbons (Fsp3) is 0.259. The van der Waals surface area contributed by atoms with Crippen LogP contribution >= 0.6 is 24.0 Å². The molecule has 1 aliphatic heterocycles. The highest BCUT2D eigenvalue weighted by molar-refractivity contribution is 8.26. The molecule has 0 saturated carbocycles. The number of rotatable bonds is 10. The quantitative estimate of drug-likeness (QED) is 0.270. The van der Waals surface area contributed by atoms with Crippen LogP contribution in [0.25, 0.3) is 23.0 Å². The fourth-order valence-electron chi connectivity index (χ4n) is 3.85. The van der Waals surface area contributed by atoms with Gasteiger partial charge in [-0.15, -0.1) is 0 Å². The molecule has 4 rings (SSSR count). The van der Waals surface area contributed by atoms with E-state index in [0.717, 1.165) is 40.2 Å². The number of thioether (sulfide) groups is 1. The van der Waals surface area contributed by atoms with Gasteiger partial charge in [-0.2, -0.15) is 5.10 Å². The van der Waals surface area contributed by atoms with Crippen molar-refractivity contribution in [3.63, 3.8) is 0 Å². The van der Waals surface area contributed by atoms with Crippen LogP contribution < -0.4 is 4.74 Å². The third-order valence-electron chi connectivity index (χ3n) is 5.62. The zero-order chi connectivity index (χ0) is 25.7. The summed E-state index contributed by atoms with van der Waals surface area (Å²) in [5.41, 5.74) is 4.39. The smallest absolute Gasteiger partial charge is 0.303 e. The van der Waals surface area contributed by atoms with Crippen molar-refractivity contribution in [2.45, 2.75) is 33.1 Å². The molecule has 0 unspecified atom stereocenters. The first-order valence-electron chi connectivity index (χ1n) is 11.7. The molecule has 0 bridgehead atoms. The Morgan fingerprint density at radius 3 is 2.69 bits per heavy atom. The second kappa shape index (κ2) is 11.5. The molecule has 1 aromatic heterocycles. The maximum absolute atomic E-state index is 13.1. The number of thiocarbonyl (C=S) groups is 1. The molecule has 36 heavy (non-hydrogen) atoms. The summed E-state index contributed by atoms with van der Waals surface area (Å²) in [6.45, 7) is 5.02. The summed E-state index contributed by atoms with van der Waals surface area (Å²) in [7, 11) is 0. The van der Waals surface area contributed by atoms with Crippen LogP contribution in [0.5, 0.6) is 5.75 Å². The van der Waals surface area contributed by atoms with Crippen molar-refractivity contribution in [1.82, 2.24) is 14.7 Å². The number of hydrogen-bond donors (Lipinski definition) is 1. The van der Waals surface area contributed by atoms with Crippen LogP contribution in [-0.4, -0.2) is 49.1 Å². The second-order valence-corrected chi connectivity index (χ2v) is 10.0. The largest absolute Gasteiger partial charge is 0.494 e. The van der Waals surface area contributed by atoms with Crippen molar-refractivity contribution < 1.29 is 19.4 Å². The molecule has 1 N–H and O–H groups in total. The van der Waals surface area contributed by atoms with Gasteiger partial charge in [-0.05, 0) is 61.7 Å². The van der Waals surface area contributed by atoms with Crippen LogP contribution in [0.1, 0.15) is 37.3 Å². The monoisotopic (exact) mass is 521 g/mol. The number of nitrogens with zero attached hydrogens (tertiary/aromatic N) is 3. The van der Waals surface area contributed by atoms with Crippen molar-refractivity contribution in [3.8, 4) is 22.7 Å². The van der Waals surface area contributed by atoms with E-state index >= 15 is 0 Å². The molecule has 0 radical (unpaired) electrons. The zero-order valence-electron chi connectivity index (χ0n) is 20.1. The third-order valence-corrected chi connectivity index (χ3v) is 7.00. The summed E-state index contributed by atoms with van der Waals surface area (Å²) < 4.78 is 8.02. The first-order chi connectivity index (χ1) is 17.4. The summed E-state index contributed by atoms with van der Waals surface area (Å²) in [6, 6.07) is 15.7. The lowest BCUT2D eigenvalue weighted by Crippen LogP contribution is -2.29. The van der Waals surface area contributed by atoms with E-state index in [1.54, 1.807) is 4.68 Å². The summed E-state index contributed by atoms with van der Waals surface area (Å²) in [5, 5.41) is 13.8. The molecule has 0 atom stereocenters. The molecular formula is C27H27N3O4S2. The predicted octanol–water partition coefficient (Wildman–Crippen LogP) is 5.70. The van der Waals surface area contributed by atoms with Gasteiger partial charge in [-0.25, -0.2) is 4.68 Å². The van der Waals surface area contributed by atoms with E-state index in [1.807, 2.05) is 67.7 Å². The fourth-order valence-corrected chi connectivity index (χ4v) is 5.15. The van der Waals surface area contributed by atoms with E-state index in [2.05, 4.69) is 6.92 Å². The molecule has 1 aliphatic rings. The number of ether oxygens (including phenoxy) is 1. The zero-order valence-corrected chi connectivity index (χ0v) is 21.8. The lowest BCUT2D eigenvalue weighted by molar-refractivity contribution is -0.137. The van der Waals surface area contributed by atoms with E-state index in [0.29, 0.717) is 22.3 Å². The highest BCUT2D eigenvalue weighted by Crippen LogP contribution is 2.36. The first-order valence-corrected chi connectivity index (χ1v) is 13.0. The van der Waals surface area contributed by atoms with E-state index in [4.69, 9.17) is 27.2 Å². The minimum atomic E-state index is -0.893. The van der Waals surface area contributed by atoms with Gasteiger partial charge in [0.15, 0.2) is 0 Å². The molecule has 9 heteroatoms. The predicted molar refractivity (Wildman–Crippen MR) is 146 cm³/mol. The Hall–Kier alpha value is -3.43. The highest BCUT2D eigenvalue weighted by atomic mass is 32.2. The number of amides is 1. The van der Waals surface area contributed by atoms with Crippen LogP contribution in [0.3, 0.4) is 0 Å². The molecule has 3 aromatic rings. The number of aliphatic carboxylic acids is 1. The van der Waals surface area contributed by atoms with Crippen molar-refractivity contribution in [1.29, 1.82) is 0 Å². The number of aromatic nitrogens is 2. The van der Waals surface area contributed by atoms with Gasteiger partial charge in [0.2, 0.25) is 0 Å². The number of benzene rings is 2. The van der Waals surface area contributed by atoms with E-state index < -0.39 is 5.97 Å². The Balaban J connectivity index is 1.70. The van der Waals surface area contributed by atoms with Gasteiger partial charge < -0.3 is 9.84 Å². The number of carbonyl (C=O) groups excluding carboxylic acids is 1. The minimum Gasteiger partial charge on any atom is -0.494 e. The van der Waals surface area contributed by atoms with E-state index in [-0.39, 0.29) is 18.9 Å². The lowest BCUT2D eigenvalue weighted by atomic mass is 10.0. The van der Waals surface area contributed by atoms with Gasteiger partial charge in [0.25, 0.3) is 5.91 Å². The molecular weight excluding hydrogens is 494 g/mol. The van der Waals surface area contributed by atoms with Gasteiger partial charge in [0.1, 0.15) is 15.8 Å². The number of hydrogen-bond acceptors (Lipinski definition) is 6. The molecule has 0 spiro atoms. The highest BCUT2D eigenvalue weighted by Gasteiger charge is 2.32. The van der Waals surface area contributed by atoms with Crippen LogP contribution in [0, 0.1) is 6.92 Å². The maximum atomic E-state index is 13.1. The average molecular weight is 522 g/mol. The van der Waals surface area contributed by atoms with Crippen LogP contribution in [0.2, 0.25) is 0 Å². The molecule has 1 amide bonds. The van der Waals surface area contributed by atoms with Crippen molar-refractivity contribution in [3.05, 3.63) is 70.8 Å². The maximum Gasteiger partial charge on any atom is 0.303 e. The second-order valence-electron chi connectivity index (χ2n) is 8.37. The van der Waals surface area contributed by atoms with E-state index in [9.17, 15) is 9.59 Å². The van der Waals surface area contributed by atoms with E-state index in [1.165, 1.54) is 16.7 Å². The molecule has 186 valence electrons. The number of para-hydroxylation sites is 1. The molecule has 0 aliphatic carbocycles. The van der Waals surface area contributed by atoms with Crippen molar-refractivity contribution >= 4 is 46.3 Å². The Morgan fingerprint density at radius 2 is 2.00 bits per heavy atom. The van der Waals surface area contributed by atoms with Gasteiger partial charge in [-0.3, -0.25) is 14.5 Å². The molecule has 1 saturated heterocycles. The van der Waals surface area contributed by atoms with Crippen molar-refractivity contribution in [2.24, 2.45) is 0 Å². The Labute approximate surface area is 219 Å². The Morgan fingerprint density at radius 1 is 1.22 bits per heavy atom. The lowest BCUT2D eigenvalue weighted by Gasteiger charge is -2.13. The molecule has 2 heterocycles. The van der Waals surface area contributed by atoms with Gasteiger partial charge >= 0.3 is 5.97 Å². The van der Waals surface area contributed by atoms with Crippen LogP contribution in [0.4, 0.5) is 0 Å². The number of aryl methyl sites for hydroxylation is 1. The standard InChI is InChI=1S/C27H27N3O4S2/c1-3-14-34-21-11-12-22(18(2)15-21)25-19(17-30(28-25)20-8-5-4-6-9-20)16-23-26(33)29(27(35)36-23)13-7-10-24(31)32/h4-6,8-9,11-12,15-17H,3,7,10,13-14H2,1-2H3,(H,31,32). The SMILES string of the molecule is CCCOc1ccc(-c2nn(-c3ccccc3)cc2C=C2SC(=S)N(CCCC(=O)O)C2=O)c(C)c1. The normalized spacial score (nSPS) is 14.6. The van der Waals surface area contributed by atoms with Gasteiger partial charge in [-0.1, -0.05) is 49.1 Å². The Bertz CT molecular complexity index is 1320. The summed E-state index contributed by atoms with van der Waals surface area (Å²) >= 11 is 6.64. The van der Waals surface area contributed by atoms with Crippen LogP contribution in [0.15, 0.2) is 59.6 Å². The minimum absolute atomic E-state index is 0.0126. The Kier molecular flexibility index (Phi) is 8.22. The summed E-state index contributed by atoms with van der Waals surface area (Å²) in [5.74, 6) is -0.298. The average Bonchev–Trinajstić information content (AvgIpc) is 3.39. The number of carboxylic acid groups (broad SMARTS) is 1. The number of carbonyl (C=O) groups is 2. The third kappa shape index (κ3) is 5.85. The molecule has 7 nitrogen and oxygen atoms in total. The van der Waals surface area contributed by atoms with Crippen molar-refractivity contribution in [2.75, 3.05) is 13.2 Å². The molecule has 2 aromatic carbocycles.